The zero-order chi connectivity index (χ0) is 74.9. The lowest BCUT2D eigenvalue weighted by atomic mass is 9.92. The number of ether oxygens (including phenoxy) is 3. The van der Waals surface area contributed by atoms with Crippen molar-refractivity contribution in [3.8, 4) is 130 Å². The predicted molar refractivity (Wildman–Crippen MR) is 464 cm³/mol. The van der Waals surface area contributed by atoms with Gasteiger partial charge in [-0.15, -0.1) is 0 Å². The zero-order valence-corrected chi connectivity index (χ0v) is 61.2. The summed E-state index contributed by atoms with van der Waals surface area (Å²) in [4.78, 5) is 19.8. The maximum Gasteiger partial charge on any atom is 0.159 e. The topological polar surface area (TPSA) is 94.0 Å². The molecule has 0 radical (unpaired) electrons. The van der Waals surface area contributed by atoms with Crippen LogP contribution < -0.4 is 14.2 Å². The van der Waals surface area contributed by atoms with Crippen LogP contribution in [0.3, 0.4) is 0 Å². The highest BCUT2D eigenvalue weighted by molar-refractivity contribution is 6.17. The fourth-order valence-electron chi connectivity index (χ4n) is 17.5. The minimum absolute atomic E-state index is 0.811. The van der Waals surface area contributed by atoms with Crippen molar-refractivity contribution >= 4 is 97.9 Å². The van der Waals surface area contributed by atoms with Crippen LogP contribution in [0.25, 0.3) is 194 Å². The van der Waals surface area contributed by atoms with Crippen LogP contribution in [0.1, 0.15) is 0 Å². The molecule has 22 aromatic rings. The van der Waals surface area contributed by atoms with Crippen molar-refractivity contribution in [2.45, 2.75) is 0 Å². The number of pyridine rings is 1. The molecule has 0 N–H and O–H groups in total. The Morgan fingerprint density at radius 1 is 0.211 bits per heavy atom. The second-order valence-electron chi connectivity index (χ2n) is 29.1. The van der Waals surface area contributed by atoms with E-state index >= 15 is 0 Å². The summed E-state index contributed by atoms with van der Waals surface area (Å²) in [5.41, 5.74) is 21.9. The second kappa shape index (κ2) is 26.1. The first kappa shape index (κ1) is 64.5. The number of para-hydroxylation sites is 6. The number of rotatable bonds is 7. The Morgan fingerprint density at radius 2 is 0.535 bits per heavy atom. The molecule has 114 heavy (non-hydrogen) atoms. The van der Waals surface area contributed by atoms with E-state index in [9.17, 15) is 0 Å². The SMILES string of the molecule is c1ccc(-c2nc3cccc4c3n2-c2cccc(-c3cc5ccccc5c5ccccc35)c2O4)cc1.c1ccc(-c2nc3cccc4c3n2-c2cccc(-c3cc5ccccc5c5ncccc35)c2O4)cc1.c1ccc(-c2nc3cccc4c3n2-c2cccc(-c3ccc(-c5cc6ccccc6c6ccccc56)cc3)c2O4)cc1. The molecule has 10 heteroatoms. The van der Waals surface area contributed by atoms with Crippen LogP contribution in [-0.2, 0) is 0 Å². The lowest BCUT2D eigenvalue weighted by Gasteiger charge is -2.24. The van der Waals surface area contributed by atoms with E-state index in [0.717, 1.165) is 174 Å². The third-order valence-corrected chi connectivity index (χ3v) is 22.6. The lowest BCUT2D eigenvalue weighted by Crippen LogP contribution is -2.07. The van der Waals surface area contributed by atoms with Crippen LogP contribution in [0.15, 0.2) is 382 Å². The van der Waals surface area contributed by atoms with Crippen LogP contribution in [0.5, 0.6) is 34.5 Å². The van der Waals surface area contributed by atoms with Crippen molar-refractivity contribution in [1.82, 2.24) is 33.6 Å². The van der Waals surface area contributed by atoms with Crippen LogP contribution >= 0.6 is 0 Å². The lowest BCUT2D eigenvalue weighted by molar-refractivity contribution is 0.477. The Hall–Kier alpha value is -15.5. The molecule has 0 amide bonds. The summed E-state index contributed by atoms with van der Waals surface area (Å²) < 4.78 is 26.7. The fraction of sp³-hybridized carbons (Fsp3) is 0. The van der Waals surface area contributed by atoms with Gasteiger partial charge in [0, 0.05) is 50.4 Å². The highest BCUT2D eigenvalue weighted by Crippen LogP contribution is 2.53. The fourth-order valence-corrected chi connectivity index (χ4v) is 17.5. The van der Waals surface area contributed by atoms with Crippen molar-refractivity contribution < 1.29 is 14.2 Å². The summed E-state index contributed by atoms with van der Waals surface area (Å²) >= 11 is 0. The Bertz CT molecular complexity index is 7410. The Labute approximate surface area is 654 Å². The molecule has 10 nitrogen and oxygen atoms in total. The van der Waals surface area contributed by atoms with Crippen molar-refractivity contribution in [2.75, 3.05) is 0 Å². The third kappa shape index (κ3) is 10.3. The Balaban J connectivity index is 0.000000102. The number of imidazole rings is 3. The highest BCUT2D eigenvalue weighted by Gasteiger charge is 2.32. The van der Waals surface area contributed by atoms with Gasteiger partial charge in [0.1, 0.15) is 34.0 Å². The molecule has 25 rings (SSSR count). The first-order valence-electron chi connectivity index (χ1n) is 38.4. The van der Waals surface area contributed by atoms with Gasteiger partial charge in [-0.2, -0.15) is 0 Å². The standard InChI is InChI=1S/C39H24N2O.C33H20N2O.C32H19N3O/c1-2-10-27(11-3-1)39-40-34-17-9-19-36-37(34)41(39)35-18-8-16-30(38(35)42-36)25-20-22-26(23-21-25)33-24-28-12-4-5-13-29(28)31-14-6-7-15-32(31)33;1-2-10-21(11-3-1)33-34-28-17-9-19-30-31(28)35(33)29-18-8-16-26(32(29)36-30)27-20-22-12-4-5-13-23(22)24-14-6-7-15-25(24)27;1-2-9-20(10-3-1)32-34-26-15-7-17-28-30(26)35(32)27-16-6-13-24(31(27)36-28)25-19-21-11-4-5-12-22(21)29-23(25)14-8-18-33-29/h1-24H;1-20H;1-19H. The second-order valence-corrected chi connectivity index (χ2v) is 29.1. The number of aromatic nitrogens is 7. The number of hydrogen-bond donors (Lipinski definition) is 0. The summed E-state index contributed by atoms with van der Waals surface area (Å²) in [5, 5.41) is 13.4. The maximum absolute atomic E-state index is 6.68. The van der Waals surface area contributed by atoms with E-state index < -0.39 is 0 Å². The Kier molecular flexibility index (Phi) is 14.8. The number of fused-ring (bicyclic) bond motifs is 15. The normalized spacial score (nSPS) is 12.1. The van der Waals surface area contributed by atoms with E-state index in [4.69, 9.17) is 34.1 Å². The van der Waals surface area contributed by atoms with Crippen molar-refractivity contribution in [1.29, 1.82) is 0 Å². The van der Waals surface area contributed by atoms with Crippen molar-refractivity contribution in [3.63, 3.8) is 0 Å². The van der Waals surface area contributed by atoms with Crippen LogP contribution in [0, 0.1) is 0 Å². The molecule has 0 aliphatic carbocycles. The molecule has 0 spiro atoms. The average molecular weight is 1460 g/mol. The molecule has 3 aliphatic rings. The summed E-state index contributed by atoms with van der Waals surface area (Å²) in [5.74, 6) is 7.72. The molecule has 0 saturated carbocycles. The van der Waals surface area contributed by atoms with Crippen LogP contribution in [0.4, 0.5) is 0 Å². The molecule has 0 unspecified atom stereocenters. The molecule has 4 aromatic heterocycles. The molecule has 18 aromatic carbocycles. The first-order valence-corrected chi connectivity index (χ1v) is 38.4. The van der Waals surface area contributed by atoms with Gasteiger partial charge < -0.3 is 14.2 Å². The predicted octanol–water partition coefficient (Wildman–Crippen LogP) is 27.4. The average Bonchev–Trinajstić information content (AvgIpc) is 1.52. The van der Waals surface area contributed by atoms with Crippen molar-refractivity contribution in [3.05, 3.63) is 382 Å². The molecular weight excluding hydrogens is 1400 g/mol. The van der Waals surface area contributed by atoms with Gasteiger partial charge in [0.05, 0.1) is 39.1 Å². The van der Waals surface area contributed by atoms with E-state index in [1.54, 1.807) is 0 Å². The summed E-state index contributed by atoms with van der Waals surface area (Å²) in [6.45, 7) is 0. The van der Waals surface area contributed by atoms with Gasteiger partial charge in [0.15, 0.2) is 34.5 Å². The van der Waals surface area contributed by atoms with E-state index in [-0.39, 0.29) is 0 Å². The molecule has 0 saturated heterocycles. The van der Waals surface area contributed by atoms with Gasteiger partial charge in [0.25, 0.3) is 0 Å². The number of nitrogens with zero attached hydrogens (tertiary/aromatic N) is 7. The maximum atomic E-state index is 6.68. The van der Waals surface area contributed by atoms with Gasteiger partial charge in [-0.3, -0.25) is 18.7 Å². The highest BCUT2D eigenvalue weighted by atomic mass is 16.5. The summed E-state index contributed by atoms with van der Waals surface area (Å²) in [6.07, 6.45) is 1.86. The molecule has 3 aliphatic heterocycles. The van der Waals surface area contributed by atoms with E-state index in [1.807, 2.05) is 85.1 Å². The van der Waals surface area contributed by atoms with E-state index in [1.165, 1.54) is 54.2 Å². The largest absolute Gasteiger partial charge is 0.452 e. The van der Waals surface area contributed by atoms with Gasteiger partial charge in [-0.05, 0) is 155 Å². The summed E-state index contributed by atoms with van der Waals surface area (Å²) in [7, 11) is 0. The van der Waals surface area contributed by atoms with Crippen LogP contribution in [-0.4, -0.2) is 33.6 Å². The van der Waals surface area contributed by atoms with Gasteiger partial charge in [-0.1, -0.05) is 297 Å². The minimum atomic E-state index is 0.811. The van der Waals surface area contributed by atoms with Crippen molar-refractivity contribution in [2.24, 2.45) is 0 Å². The van der Waals surface area contributed by atoms with Gasteiger partial charge >= 0.3 is 0 Å². The minimum Gasteiger partial charge on any atom is -0.452 e. The van der Waals surface area contributed by atoms with E-state index in [0.29, 0.717) is 0 Å². The van der Waals surface area contributed by atoms with Crippen LogP contribution in [0.2, 0.25) is 0 Å². The molecule has 7 heterocycles. The number of hydrogen-bond acceptors (Lipinski definition) is 7. The first-order chi connectivity index (χ1) is 56.6. The smallest absolute Gasteiger partial charge is 0.159 e. The van der Waals surface area contributed by atoms with Gasteiger partial charge in [-0.25, -0.2) is 15.0 Å². The zero-order valence-electron chi connectivity index (χ0n) is 61.2. The monoisotopic (exact) mass is 1460 g/mol. The third-order valence-electron chi connectivity index (χ3n) is 22.6. The summed E-state index contributed by atoms with van der Waals surface area (Å²) in [6, 6.07) is 131. The number of benzene rings is 18. The molecule has 0 fully saturated rings. The Morgan fingerprint density at radius 3 is 0.982 bits per heavy atom. The molecular formula is C104H63N7O3. The molecule has 0 bridgehead atoms. The van der Waals surface area contributed by atoms with E-state index in [2.05, 4.69) is 311 Å². The quantitative estimate of drug-likeness (QED) is 0.147. The van der Waals surface area contributed by atoms with Gasteiger partial charge in [0.2, 0.25) is 0 Å². The molecule has 0 atom stereocenters. The molecule has 532 valence electrons.